The quantitative estimate of drug-likeness (QED) is 0.0732. The smallest absolute Gasteiger partial charge is 0.264 e. The van der Waals surface area contributed by atoms with Gasteiger partial charge in [-0.1, -0.05) is 54.6 Å². The molecule has 0 spiro atoms. The number of aryl methyl sites for hydroxylation is 4. The molecule has 0 radical (unpaired) electrons. The Kier molecular flexibility index (Phi) is 13.2. The minimum Gasteiger partial charge on any atom is -0.445 e. The van der Waals surface area contributed by atoms with Crippen molar-refractivity contribution in [3.05, 3.63) is 127 Å². The van der Waals surface area contributed by atoms with Crippen molar-refractivity contribution in [1.82, 2.24) is 35.5 Å². The van der Waals surface area contributed by atoms with Crippen LogP contribution in [0.5, 0.6) is 0 Å². The largest absolute Gasteiger partial charge is 0.445 e. The third kappa shape index (κ3) is 10.1. The molecule has 0 unspecified atom stereocenters. The maximum Gasteiger partial charge on any atom is 0.264 e. The number of carbonyl (C=O) groups is 2. The predicted molar refractivity (Wildman–Crippen MR) is 230 cm³/mol. The van der Waals surface area contributed by atoms with E-state index in [-0.39, 0.29) is 25.9 Å². The van der Waals surface area contributed by atoms with Gasteiger partial charge in [-0.05, 0) is 98.2 Å². The minimum atomic E-state index is -3.76. The molecule has 0 fully saturated rings. The first-order valence-corrected chi connectivity index (χ1v) is 23.0. The number of benzene rings is 4. The summed E-state index contributed by atoms with van der Waals surface area (Å²) < 4.78 is 53.5. The van der Waals surface area contributed by atoms with E-state index in [0.29, 0.717) is 5.89 Å². The van der Waals surface area contributed by atoms with Gasteiger partial charge in [0.05, 0.1) is 17.2 Å². The molecule has 320 valence electrons. The lowest BCUT2D eigenvalue weighted by Gasteiger charge is -2.24. The number of hydroxylamine groups is 2. The van der Waals surface area contributed by atoms with Crippen LogP contribution in [0.2, 0.25) is 0 Å². The van der Waals surface area contributed by atoms with Crippen molar-refractivity contribution >= 4 is 53.3 Å². The highest BCUT2D eigenvalue weighted by Crippen LogP contribution is 2.28. The molecule has 16 nitrogen and oxygen atoms in total. The number of nitrogens with one attached hydrogen (secondary N) is 2. The number of fused-ring (bicyclic) bond motifs is 2. The van der Waals surface area contributed by atoms with E-state index in [1.165, 1.54) is 42.2 Å². The van der Waals surface area contributed by atoms with Gasteiger partial charge in [-0.2, -0.15) is 10.2 Å². The zero-order valence-electron chi connectivity index (χ0n) is 34.0. The summed E-state index contributed by atoms with van der Waals surface area (Å²) in [6.45, 7) is 3.01. The normalized spacial score (nSPS) is 13.8. The van der Waals surface area contributed by atoms with Crippen LogP contribution in [0.15, 0.2) is 120 Å². The van der Waals surface area contributed by atoms with Gasteiger partial charge in [0, 0.05) is 54.3 Å². The maximum absolute atomic E-state index is 12.1. The van der Waals surface area contributed by atoms with Crippen LogP contribution in [-0.4, -0.2) is 85.6 Å². The first-order chi connectivity index (χ1) is 28.9. The van der Waals surface area contributed by atoms with E-state index < -0.39 is 41.0 Å². The highest BCUT2D eigenvalue weighted by atomic mass is 32.2. The van der Waals surface area contributed by atoms with Gasteiger partial charge in [-0.3, -0.25) is 29.4 Å². The topological polar surface area (TPSA) is 229 Å². The summed E-state index contributed by atoms with van der Waals surface area (Å²) in [5.74, 6) is -1.35. The number of oxazole rings is 1. The molecule has 0 saturated carbocycles. The Morgan fingerprint density at radius 1 is 0.656 bits per heavy atom. The predicted octanol–water partition coefficient (Wildman–Crippen LogP) is 5.58. The Balaban J connectivity index is 0.000000205. The molecule has 0 bridgehead atoms. The van der Waals surface area contributed by atoms with Gasteiger partial charge in [0.25, 0.3) is 11.8 Å². The minimum absolute atomic E-state index is 0.00687. The molecule has 2 amide bonds. The van der Waals surface area contributed by atoms with Crippen LogP contribution in [0.3, 0.4) is 0 Å². The number of sulfone groups is 2. The standard InChI is InChI=1S/C22H22N4O5S.C21H25N3O4S/c1-22(21(27)25-28,32(2,29)30)9-11-26-14-18-13-17(7-8-19(18)24-26)15-3-5-16(6-4-15)20-23-10-12-31-20;1-21(20(25)23-26,29(2,27)28)12-13-24-15-18-14-17(10-11-19(18)22-24)9-8-16-6-4-3-5-7-16/h3-8,10,12-14,28H,9,11H2,1-2H3,(H,25,27);3-7,10-11,14-15,26H,8-9,12-13H2,1-2H3,(H,23,25)/t22-;21-/m11/s1. The molecule has 3 aromatic heterocycles. The molecule has 0 saturated heterocycles. The second-order valence-electron chi connectivity index (χ2n) is 15.2. The molecule has 0 aliphatic carbocycles. The summed E-state index contributed by atoms with van der Waals surface area (Å²) in [6.07, 6.45) is 10.6. The molecule has 3 heterocycles. The number of hydrogen-bond acceptors (Lipinski definition) is 12. The van der Waals surface area contributed by atoms with Crippen LogP contribution < -0.4 is 11.0 Å². The van der Waals surface area contributed by atoms with Gasteiger partial charge in [0.2, 0.25) is 5.89 Å². The molecular weight excluding hydrogens is 823 g/mol. The average molecular weight is 870 g/mol. The molecular formula is C43H47N7O9S2. The van der Waals surface area contributed by atoms with Gasteiger partial charge in [-0.15, -0.1) is 0 Å². The molecule has 2 atom stereocenters. The highest BCUT2D eigenvalue weighted by molar-refractivity contribution is 7.93. The third-order valence-corrected chi connectivity index (χ3v) is 15.1. The summed E-state index contributed by atoms with van der Waals surface area (Å²) in [6, 6.07) is 30.0. The van der Waals surface area contributed by atoms with Crippen molar-refractivity contribution in [1.29, 1.82) is 0 Å². The molecule has 18 heteroatoms. The fourth-order valence-corrected chi connectivity index (χ4v) is 8.39. The van der Waals surface area contributed by atoms with Crippen molar-refractivity contribution in [2.75, 3.05) is 12.5 Å². The van der Waals surface area contributed by atoms with Crippen molar-refractivity contribution in [3.63, 3.8) is 0 Å². The second-order valence-corrected chi connectivity index (χ2v) is 20.1. The van der Waals surface area contributed by atoms with Crippen LogP contribution in [-0.2, 0) is 55.2 Å². The van der Waals surface area contributed by atoms with Crippen LogP contribution in [0.4, 0.5) is 0 Å². The summed E-state index contributed by atoms with van der Waals surface area (Å²) in [7, 11) is -7.49. The highest BCUT2D eigenvalue weighted by Gasteiger charge is 2.44. The maximum atomic E-state index is 12.1. The SMILES string of the molecule is C[C@@](CCn1cc2cc(-c3ccc(-c4ncco4)cc3)ccc2n1)(C(=O)NO)S(C)(=O)=O.C[C@@](CCn1cc2cc(CCc3ccccc3)ccc2n1)(C(=O)NO)S(C)(=O)=O. The number of amides is 2. The molecule has 61 heavy (non-hydrogen) atoms. The molecule has 4 aromatic carbocycles. The second kappa shape index (κ2) is 18.2. The Labute approximate surface area is 353 Å². The van der Waals surface area contributed by atoms with Gasteiger partial charge in [0.1, 0.15) is 6.26 Å². The first kappa shape index (κ1) is 44.3. The number of rotatable bonds is 15. The lowest BCUT2D eigenvalue weighted by molar-refractivity contribution is -0.132. The van der Waals surface area contributed by atoms with Gasteiger partial charge in [0.15, 0.2) is 29.2 Å². The zero-order chi connectivity index (χ0) is 44.0. The molecule has 0 aliphatic heterocycles. The monoisotopic (exact) mass is 869 g/mol. The molecule has 7 rings (SSSR count). The summed E-state index contributed by atoms with van der Waals surface area (Å²) >= 11 is 0. The van der Waals surface area contributed by atoms with Gasteiger partial charge in [-0.25, -0.2) is 32.8 Å². The first-order valence-electron chi connectivity index (χ1n) is 19.2. The van der Waals surface area contributed by atoms with Crippen molar-refractivity contribution in [3.8, 4) is 22.6 Å². The molecule has 7 aromatic rings. The number of nitrogens with zero attached hydrogens (tertiary/aromatic N) is 5. The van der Waals surface area contributed by atoms with E-state index in [4.69, 9.17) is 14.8 Å². The Bertz CT molecular complexity index is 2860. The van der Waals surface area contributed by atoms with Gasteiger partial charge < -0.3 is 4.42 Å². The fraction of sp³-hybridized carbons (Fsp3) is 0.279. The lowest BCUT2D eigenvalue weighted by atomic mass is 10.0. The number of carbonyl (C=O) groups excluding carboxylic acids is 2. The fourth-order valence-electron chi connectivity index (χ4n) is 6.70. The van der Waals surface area contributed by atoms with Crippen LogP contribution in [0.1, 0.15) is 37.8 Å². The summed E-state index contributed by atoms with van der Waals surface area (Å²) in [5.41, 5.74) is 9.84. The molecule has 4 N–H and O–H groups in total. The zero-order valence-corrected chi connectivity index (χ0v) is 35.7. The number of hydrogen-bond donors (Lipinski definition) is 4. The lowest BCUT2D eigenvalue weighted by Crippen LogP contribution is -2.49. The van der Waals surface area contributed by atoms with Crippen LogP contribution in [0, 0.1) is 0 Å². The Morgan fingerprint density at radius 3 is 1.66 bits per heavy atom. The van der Waals surface area contributed by atoms with Gasteiger partial charge >= 0.3 is 0 Å². The van der Waals surface area contributed by atoms with Crippen molar-refractivity contribution in [2.24, 2.45) is 0 Å². The third-order valence-electron chi connectivity index (χ3n) is 11.0. The Morgan fingerprint density at radius 2 is 1.15 bits per heavy atom. The van der Waals surface area contributed by atoms with Crippen LogP contribution >= 0.6 is 0 Å². The summed E-state index contributed by atoms with van der Waals surface area (Å²) in [5, 5.41) is 28.7. The van der Waals surface area contributed by atoms with Crippen LogP contribution in [0.25, 0.3) is 44.4 Å². The Hall–Kier alpha value is -6.21. The van der Waals surface area contributed by atoms with Crippen molar-refractivity contribution < 1.29 is 41.3 Å². The number of aromatic nitrogens is 5. The van der Waals surface area contributed by atoms with E-state index in [1.807, 2.05) is 79.0 Å². The summed E-state index contributed by atoms with van der Waals surface area (Å²) in [4.78, 5) is 28.1. The van der Waals surface area contributed by atoms with E-state index in [9.17, 15) is 26.4 Å². The average Bonchev–Trinajstić information content (AvgIpc) is 4.03. The van der Waals surface area contributed by atoms with E-state index >= 15 is 0 Å². The van der Waals surface area contributed by atoms with E-state index in [0.717, 1.165) is 63.8 Å². The van der Waals surface area contributed by atoms with E-state index in [2.05, 4.69) is 33.4 Å². The van der Waals surface area contributed by atoms with Crippen molar-refractivity contribution in [2.45, 2.75) is 62.1 Å². The van der Waals surface area contributed by atoms with E-state index in [1.54, 1.807) is 21.8 Å². The molecule has 0 aliphatic rings.